The van der Waals surface area contributed by atoms with Crippen molar-refractivity contribution in [2.45, 2.75) is 12.8 Å². The highest BCUT2D eigenvalue weighted by atomic mass is 16.5. The largest absolute Gasteiger partial charge is 0.496 e. The molecule has 164 valence electrons. The summed E-state index contributed by atoms with van der Waals surface area (Å²) in [4.78, 5) is 19.6. The molecule has 4 aromatic rings. The van der Waals surface area contributed by atoms with Gasteiger partial charge in [0.1, 0.15) is 23.0 Å². The number of para-hydroxylation sites is 1. The number of ether oxygens (including phenoxy) is 1. The number of fused-ring (bicyclic) bond motifs is 1. The highest BCUT2D eigenvalue weighted by molar-refractivity contribution is 5.91. The molecule has 0 atom stereocenters. The smallest absolute Gasteiger partial charge is 0.252 e. The van der Waals surface area contributed by atoms with E-state index in [-0.39, 0.29) is 5.56 Å². The highest BCUT2D eigenvalue weighted by Crippen LogP contribution is 2.39. The van der Waals surface area contributed by atoms with Gasteiger partial charge in [-0.05, 0) is 54.7 Å². The molecule has 0 saturated heterocycles. The lowest BCUT2D eigenvalue weighted by molar-refractivity contribution is 0.416. The van der Waals surface area contributed by atoms with Crippen molar-refractivity contribution < 1.29 is 4.74 Å². The molecule has 1 aliphatic rings. The quantitative estimate of drug-likeness (QED) is 0.424. The molecule has 0 amide bonds. The Hall–Kier alpha value is -4.11. The number of pyridine rings is 2. The number of hydrogen-bond donors (Lipinski definition) is 0. The predicted octanol–water partition coefficient (Wildman–Crippen LogP) is 5.03. The molecule has 0 unspecified atom stereocenters. The average Bonchev–Trinajstić information content (AvgIpc) is 3.69. The molecule has 6 heteroatoms. The third-order valence-electron chi connectivity index (χ3n) is 6.19. The van der Waals surface area contributed by atoms with Gasteiger partial charge in [-0.1, -0.05) is 30.3 Å². The van der Waals surface area contributed by atoms with Crippen LogP contribution in [0, 0.1) is 17.2 Å². The van der Waals surface area contributed by atoms with Crippen LogP contribution in [0.3, 0.4) is 0 Å². The second-order valence-electron chi connectivity index (χ2n) is 8.41. The van der Waals surface area contributed by atoms with Crippen molar-refractivity contribution in [3.8, 4) is 22.9 Å². The molecule has 0 spiro atoms. The summed E-state index contributed by atoms with van der Waals surface area (Å²) in [5.74, 6) is 1.38. The van der Waals surface area contributed by atoms with Crippen LogP contribution in [-0.2, 0) is 7.05 Å². The van der Waals surface area contributed by atoms with Gasteiger partial charge in [-0.25, -0.2) is 4.98 Å². The van der Waals surface area contributed by atoms with E-state index in [1.807, 2.05) is 30.3 Å². The van der Waals surface area contributed by atoms with Gasteiger partial charge in [0.05, 0.1) is 18.3 Å². The number of anilines is 2. The summed E-state index contributed by atoms with van der Waals surface area (Å²) in [6.07, 6.45) is 2.34. The van der Waals surface area contributed by atoms with Crippen LogP contribution in [-0.4, -0.2) is 23.2 Å². The summed E-state index contributed by atoms with van der Waals surface area (Å²) in [5, 5.41) is 9.43. The molecular formula is C27H24N4O2. The van der Waals surface area contributed by atoms with Gasteiger partial charge in [-0.2, -0.15) is 5.26 Å². The molecule has 0 aliphatic heterocycles. The van der Waals surface area contributed by atoms with E-state index in [0.29, 0.717) is 22.6 Å². The molecule has 2 aromatic carbocycles. The fourth-order valence-electron chi connectivity index (χ4n) is 4.21. The first-order valence-corrected chi connectivity index (χ1v) is 11.0. The lowest BCUT2D eigenvalue weighted by Gasteiger charge is -2.27. The number of benzene rings is 2. The van der Waals surface area contributed by atoms with Crippen LogP contribution in [0.4, 0.5) is 11.4 Å². The molecule has 5 rings (SSSR count). The molecule has 0 N–H and O–H groups in total. The maximum Gasteiger partial charge on any atom is 0.252 e. The van der Waals surface area contributed by atoms with E-state index in [4.69, 9.17) is 4.74 Å². The third-order valence-corrected chi connectivity index (χ3v) is 6.19. The lowest BCUT2D eigenvalue weighted by atomic mass is 10.0. The maximum absolute atomic E-state index is 12.8. The molecule has 1 fully saturated rings. The van der Waals surface area contributed by atoms with Crippen LogP contribution in [0.2, 0.25) is 0 Å². The van der Waals surface area contributed by atoms with Crippen molar-refractivity contribution in [1.82, 2.24) is 9.55 Å². The minimum Gasteiger partial charge on any atom is -0.496 e. The molecule has 1 aliphatic carbocycles. The summed E-state index contributed by atoms with van der Waals surface area (Å²) in [6, 6.07) is 23.4. The van der Waals surface area contributed by atoms with E-state index in [1.54, 1.807) is 36.9 Å². The van der Waals surface area contributed by atoms with E-state index in [1.165, 1.54) is 12.8 Å². The number of aromatic nitrogens is 2. The number of aryl methyl sites for hydroxylation is 1. The van der Waals surface area contributed by atoms with E-state index < -0.39 is 0 Å². The van der Waals surface area contributed by atoms with Crippen LogP contribution in [0.5, 0.6) is 5.75 Å². The van der Waals surface area contributed by atoms with Crippen molar-refractivity contribution in [3.63, 3.8) is 0 Å². The van der Waals surface area contributed by atoms with Gasteiger partial charge in [0.25, 0.3) is 5.56 Å². The molecule has 0 radical (unpaired) electrons. The van der Waals surface area contributed by atoms with Gasteiger partial charge < -0.3 is 14.2 Å². The Bertz CT molecular complexity index is 1450. The van der Waals surface area contributed by atoms with Crippen molar-refractivity contribution >= 4 is 22.4 Å². The summed E-state index contributed by atoms with van der Waals surface area (Å²) in [5.41, 5.74) is 5.33. The Labute approximate surface area is 192 Å². The van der Waals surface area contributed by atoms with Crippen LogP contribution < -0.4 is 15.2 Å². The topological polar surface area (TPSA) is 71.2 Å². The first-order chi connectivity index (χ1) is 16.1. The van der Waals surface area contributed by atoms with Crippen molar-refractivity contribution in [1.29, 1.82) is 5.26 Å². The number of methoxy groups -OCH3 is 1. The summed E-state index contributed by atoms with van der Waals surface area (Å²) in [6.45, 7) is 0.788. The van der Waals surface area contributed by atoms with Gasteiger partial charge in [0, 0.05) is 30.9 Å². The zero-order valence-corrected chi connectivity index (χ0v) is 18.7. The number of rotatable bonds is 6. The molecule has 6 nitrogen and oxygen atoms in total. The molecule has 0 bridgehead atoms. The zero-order valence-electron chi connectivity index (χ0n) is 18.7. The minimum absolute atomic E-state index is 0.106. The number of nitriles is 1. The molecule has 2 heterocycles. The maximum atomic E-state index is 12.8. The molecule has 2 aromatic heterocycles. The number of hydrogen-bond acceptors (Lipinski definition) is 5. The van der Waals surface area contributed by atoms with Gasteiger partial charge in [0.15, 0.2) is 0 Å². The second-order valence-corrected chi connectivity index (χ2v) is 8.41. The monoisotopic (exact) mass is 436 g/mol. The van der Waals surface area contributed by atoms with Crippen LogP contribution in [0.25, 0.3) is 22.2 Å². The summed E-state index contributed by atoms with van der Waals surface area (Å²) >= 11 is 0. The first-order valence-electron chi connectivity index (χ1n) is 11.0. The fraction of sp³-hybridized carbons (Fsp3) is 0.222. The summed E-state index contributed by atoms with van der Waals surface area (Å²) in [7, 11) is 3.40. The van der Waals surface area contributed by atoms with Crippen molar-refractivity contribution in [2.75, 3.05) is 18.6 Å². The lowest BCUT2D eigenvalue weighted by Crippen LogP contribution is -2.25. The third kappa shape index (κ3) is 3.94. The molecule has 33 heavy (non-hydrogen) atoms. The Morgan fingerprint density at radius 1 is 1.12 bits per heavy atom. The number of nitrogens with zero attached hydrogens (tertiary/aromatic N) is 4. The Morgan fingerprint density at radius 2 is 1.94 bits per heavy atom. The predicted molar refractivity (Wildman–Crippen MR) is 130 cm³/mol. The van der Waals surface area contributed by atoms with Gasteiger partial charge in [-0.15, -0.1) is 0 Å². The Balaban J connectivity index is 1.70. The van der Waals surface area contributed by atoms with E-state index in [2.05, 4.69) is 34.2 Å². The SMILES string of the molecule is COc1ccccc1-c1cccc(N(CC2CC2)c2cc(=O)n(C)c3ccc(C#N)nc23)c1. The van der Waals surface area contributed by atoms with Gasteiger partial charge >= 0.3 is 0 Å². The van der Waals surface area contributed by atoms with E-state index in [9.17, 15) is 10.1 Å². The first kappa shape index (κ1) is 20.8. The van der Waals surface area contributed by atoms with E-state index in [0.717, 1.165) is 34.8 Å². The standard InChI is InChI=1S/C27H24N4O2/c1-30-23-13-12-20(16-28)29-27(23)24(15-26(30)32)31(17-18-10-11-18)21-7-5-6-19(14-21)22-8-3-4-9-25(22)33-2/h3-9,12-15,18H,10-11,17H2,1-2H3. The Morgan fingerprint density at radius 3 is 2.70 bits per heavy atom. The van der Waals surface area contributed by atoms with E-state index >= 15 is 0 Å². The van der Waals surface area contributed by atoms with Crippen LogP contribution in [0.1, 0.15) is 18.5 Å². The Kier molecular flexibility index (Phi) is 5.31. The van der Waals surface area contributed by atoms with Crippen molar-refractivity contribution in [3.05, 3.63) is 82.8 Å². The average molecular weight is 437 g/mol. The summed E-state index contributed by atoms with van der Waals surface area (Å²) < 4.78 is 7.15. The van der Waals surface area contributed by atoms with Gasteiger partial charge in [0.2, 0.25) is 0 Å². The zero-order chi connectivity index (χ0) is 22.9. The molecular weight excluding hydrogens is 412 g/mol. The highest BCUT2D eigenvalue weighted by Gasteiger charge is 2.27. The minimum atomic E-state index is -0.106. The van der Waals surface area contributed by atoms with Crippen LogP contribution in [0.15, 0.2) is 71.5 Å². The normalized spacial score (nSPS) is 13.0. The molecule has 1 saturated carbocycles. The fourth-order valence-corrected chi connectivity index (χ4v) is 4.21. The second kappa shape index (κ2) is 8.44. The van der Waals surface area contributed by atoms with Crippen LogP contribution >= 0.6 is 0 Å². The van der Waals surface area contributed by atoms with Gasteiger partial charge in [-0.3, -0.25) is 4.79 Å². The van der Waals surface area contributed by atoms with Crippen molar-refractivity contribution in [2.24, 2.45) is 13.0 Å².